The molecule has 2 N–H and O–H groups in total. The van der Waals surface area contributed by atoms with Crippen LogP contribution in [0.5, 0.6) is 0 Å². The number of aliphatic hydroxyl groups is 1. The second kappa shape index (κ2) is 7.07. The minimum Gasteiger partial charge on any atom is -0.396 e. The van der Waals surface area contributed by atoms with E-state index in [9.17, 15) is 9.90 Å². The minimum absolute atomic E-state index is 0.0335. The van der Waals surface area contributed by atoms with E-state index in [1.165, 1.54) is 0 Å². The molecular weight excluding hydrogens is 268 g/mol. The van der Waals surface area contributed by atoms with Crippen LogP contribution < -0.4 is 5.32 Å². The third-order valence-corrected chi connectivity index (χ3v) is 4.93. The lowest BCUT2D eigenvalue weighted by Gasteiger charge is -2.31. The van der Waals surface area contributed by atoms with Crippen LogP contribution in [0.4, 0.5) is 0 Å². The lowest BCUT2D eigenvalue weighted by atomic mass is 9.79. The topological polar surface area (TPSA) is 75.4 Å². The fourth-order valence-electron chi connectivity index (χ4n) is 3.09. The van der Waals surface area contributed by atoms with E-state index < -0.39 is 0 Å². The Morgan fingerprint density at radius 1 is 1.33 bits per heavy atom. The summed E-state index contributed by atoms with van der Waals surface area (Å²) < 4.78 is 5.29. The van der Waals surface area contributed by atoms with Gasteiger partial charge >= 0.3 is 0 Å². The molecule has 1 aliphatic rings. The molecule has 1 aromatic heterocycles. The third-order valence-electron chi connectivity index (χ3n) is 4.93. The Balaban J connectivity index is 2.03. The predicted molar refractivity (Wildman–Crippen MR) is 80.2 cm³/mol. The number of rotatable bonds is 7. The monoisotopic (exact) mass is 294 g/mol. The quantitative estimate of drug-likeness (QED) is 0.810. The van der Waals surface area contributed by atoms with Gasteiger partial charge in [-0.2, -0.15) is 0 Å². The van der Waals surface area contributed by atoms with Crippen molar-refractivity contribution in [2.75, 3.05) is 13.2 Å². The zero-order valence-corrected chi connectivity index (χ0v) is 13.1. The Labute approximate surface area is 126 Å². The third kappa shape index (κ3) is 3.46. The molecule has 0 aliphatic heterocycles. The Morgan fingerprint density at radius 2 is 2.05 bits per heavy atom. The van der Waals surface area contributed by atoms with E-state index in [-0.39, 0.29) is 17.9 Å². The molecule has 21 heavy (non-hydrogen) atoms. The van der Waals surface area contributed by atoms with Gasteiger partial charge in [-0.3, -0.25) is 4.79 Å². The van der Waals surface area contributed by atoms with Crippen molar-refractivity contribution >= 4 is 5.91 Å². The molecule has 0 aromatic carbocycles. The molecule has 1 heterocycles. The summed E-state index contributed by atoms with van der Waals surface area (Å²) in [7, 11) is 0. The Bertz CT molecular complexity index is 478. The highest BCUT2D eigenvalue weighted by Gasteiger charge is 2.28. The number of carbonyl (C=O) groups is 1. The SMILES string of the molecule is CCC(CC)(CCO)CNC(=O)c1noc2c1CCCC2. The molecule has 1 aliphatic carbocycles. The summed E-state index contributed by atoms with van der Waals surface area (Å²) >= 11 is 0. The summed E-state index contributed by atoms with van der Waals surface area (Å²) in [5.41, 5.74) is 1.41. The first-order chi connectivity index (χ1) is 10.2. The Kier molecular flexibility index (Phi) is 5.39. The number of aliphatic hydroxyl groups excluding tert-OH is 1. The number of fused-ring (bicyclic) bond motifs is 1. The highest BCUT2D eigenvalue weighted by molar-refractivity contribution is 5.93. The van der Waals surface area contributed by atoms with Crippen molar-refractivity contribution in [1.82, 2.24) is 10.5 Å². The van der Waals surface area contributed by atoms with Gasteiger partial charge in [-0.05, 0) is 43.9 Å². The minimum atomic E-state index is -0.147. The highest BCUT2D eigenvalue weighted by atomic mass is 16.5. The van der Waals surface area contributed by atoms with Crippen LogP contribution in [-0.4, -0.2) is 29.3 Å². The van der Waals surface area contributed by atoms with E-state index in [0.29, 0.717) is 18.7 Å². The standard InChI is InChI=1S/C16H26N2O3/c1-3-16(4-2,9-10-19)11-17-15(20)14-12-7-5-6-8-13(12)21-18-14/h19H,3-11H2,1-2H3,(H,17,20). The molecule has 1 aromatic rings. The fraction of sp³-hybridized carbons (Fsp3) is 0.750. The normalized spacial score (nSPS) is 14.8. The number of hydrogen-bond acceptors (Lipinski definition) is 4. The first kappa shape index (κ1) is 16.0. The molecule has 0 spiro atoms. The van der Waals surface area contributed by atoms with Crippen LogP contribution in [0.1, 0.15) is 67.8 Å². The zero-order valence-electron chi connectivity index (χ0n) is 13.1. The van der Waals surface area contributed by atoms with Crippen LogP contribution >= 0.6 is 0 Å². The number of hydrogen-bond donors (Lipinski definition) is 2. The molecule has 0 atom stereocenters. The number of amides is 1. The van der Waals surface area contributed by atoms with Crippen molar-refractivity contribution in [3.63, 3.8) is 0 Å². The van der Waals surface area contributed by atoms with Crippen molar-refractivity contribution in [3.05, 3.63) is 17.0 Å². The Hall–Kier alpha value is -1.36. The van der Waals surface area contributed by atoms with E-state index in [1.807, 2.05) is 0 Å². The lowest BCUT2D eigenvalue weighted by molar-refractivity contribution is 0.0897. The Morgan fingerprint density at radius 3 is 2.71 bits per heavy atom. The van der Waals surface area contributed by atoms with Gasteiger partial charge in [0.2, 0.25) is 0 Å². The van der Waals surface area contributed by atoms with Crippen LogP contribution in [0, 0.1) is 5.41 Å². The van der Waals surface area contributed by atoms with Crippen LogP contribution in [-0.2, 0) is 12.8 Å². The van der Waals surface area contributed by atoms with Gasteiger partial charge in [0.25, 0.3) is 5.91 Å². The molecule has 0 bridgehead atoms. The van der Waals surface area contributed by atoms with Gasteiger partial charge < -0.3 is 14.9 Å². The molecule has 2 rings (SSSR count). The zero-order chi connectivity index (χ0) is 15.3. The summed E-state index contributed by atoms with van der Waals surface area (Å²) in [5.74, 6) is 0.727. The van der Waals surface area contributed by atoms with E-state index >= 15 is 0 Å². The van der Waals surface area contributed by atoms with Gasteiger partial charge in [0.1, 0.15) is 5.76 Å². The van der Waals surface area contributed by atoms with Crippen molar-refractivity contribution in [2.45, 2.75) is 58.8 Å². The van der Waals surface area contributed by atoms with E-state index in [1.54, 1.807) is 0 Å². The van der Waals surface area contributed by atoms with Crippen LogP contribution in [0.15, 0.2) is 4.52 Å². The van der Waals surface area contributed by atoms with Gasteiger partial charge in [0.05, 0.1) is 0 Å². The molecule has 0 fully saturated rings. The molecule has 0 saturated carbocycles. The van der Waals surface area contributed by atoms with Crippen molar-refractivity contribution < 1.29 is 14.4 Å². The van der Waals surface area contributed by atoms with Crippen LogP contribution in [0.25, 0.3) is 0 Å². The summed E-state index contributed by atoms with van der Waals surface area (Å²) in [4.78, 5) is 12.4. The average Bonchev–Trinajstić information content (AvgIpc) is 2.95. The summed E-state index contributed by atoms with van der Waals surface area (Å²) in [6.07, 6.45) is 6.53. The van der Waals surface area contributed by atoms with Crippen molar-refractivity contribution in [2.24, 2.45) is 5.41 Å². The molecule has 1 amide bonds. The van der Waals surface area contributed by atoms with E-state index in [2.05, 4.69) is 24.3 Å². The first-order valence-corrected chi connectivity index (χ1v) is 8.02. The number of nitrogens with one attached hydrogen (secondary N) is 1. The molecular formula is C16H26N2O3. The van der Waals surface area contributed by atoms with Crippen molar-refractivity contribution in [3.8, 4) is 0 Å². The molecule has 0 saturated heterocycles. The maximum absolute atomic E-state index is 12.4. The lowest BCUT2D eigenvalue weighted by Crippen LogP contribution is -2.38. The average molecular weight is 294 g/mol. The maximum atomic E-state index is 12.4. The molecule has 0 unspecified atom stereocenters. The largest absolute Gasteiger partial charge is 0.396 e. The van der Waals surface area contributed by atoms with Gasteiger partial charge in [0, 0.05) is 25.1 Å². The number of aryl methyl sites for hydroxylation is 1. The molecule has 5 nitrogen and oxygen atoms in total. The van der Waals surface area contributed by atoms with Gasteiger partial charge in [-0.25, -0.2) is 0 Å². The first-order valence-electron chi connectivity index (χ1n) is 8.02. The predicted octanol–water partition coefficient (Wildman–Crippen LogP) is 2.47. The molecule has 118 valence electrons. The number of aromatic nitrogens is 1. The second-order valence-electron chi connectivity index (χ2n) is 6.00. The summed E-state index contributed by atoms with van der Waals surface area (Å²) in [5, 5.41) is 16.2. The van der Waals surface area contributed by atoms with E-state index in [0.717, 1.165) is 49.8 Å². The van der Waals surface area contributed by atoms with Gasteiger partial charge in [0.15, 0.2) is 5.69 Å². The second-order valence-corrected chi connectivity index (χ2v) is 6.00. The van der Waals surface area contributed by atoms with Crippen molar-refractivity contribution in [1.29, 1.82) is 0 Å². The maximum Gasteiger partial charge on any atom is 0.273 e. The highest BCUT2D eigenvalue weighted by Crippen LogP contribution is 2.30. The van der Waals surface area contributed by atoms with Crippen LogP contribution in [0.3, 0.4) is 0 Å². The van der Waals surface area contributed by atoms with Crippen LogP contribution in [0.2, 0.25) is 0 Å². The van der Waals surface area contributed by atoms with E-state index in [4.69, 9.17) is 4.52 Å². The molecule has 0 radical (unpaired) electrons. The fourth-order valence-corrected chi connectivity index (χ4v) is 3.09. The number of carbonyl (C=O) groups excluding carboxylic acids is 1. The van der Waals surface area contributed by atoms with Gasteiger partial charge in [-0.1, -0.05) is 19.0 Å². The smallest absolute Gasteiger partial charge is 0.273 e. The number of nitrogens with zero attached hydrogens (tertiary/aromatic N) is 1. The summed E-state index contributed by atoms with van der Waals surface area (Å²) in [6.45, 7) is 4.92. The van der Waals surface area contributed by atoms with Gasteiger partial charge in [-0.15, -0.1) is 0 Å². The summed E-state index contributed by atoms with van der Waals surface area (Å²) in [6, 6.07) is 0. The molecule has 5 heteroatoms.